The van der Waals surface area contributed by atoms with Crippen molar-refractivity contribution < 1.29 is 28.6 Å². The number of piperidine rings is 1. The van der Waals surface area contributed by atoms with E-state index in [0.29, 0.717) is 32.3 Å². The molecule has 8 heteroatoms. The van der Waals surface area contributed by atoms with Crippen molar-refractivity contribution in [1.29, 1.82) is 0 Å². The van der Waals surface area contributed by atoms with Crippen LogP contribution in [0.1, 0.15) is 233 Å². The fraction of sp³-hybridized carbons (Fsp3) is 0.938. The van der Waals surface area contributed by atoms with Crippen molar-refractivity contribution in [2.45, 2.75) is 251 Å². The van der Waals surface area contributed by atoms with Gasteiger partial charge in [0.25, 0.3) is 0 Å². The highest BCUT2D eigenvalue weighted by Crippen LogP contribution is 2.30. The Morgan fingerprint density at radius 3 is 1.41 bits per heavy atom. The largest absolute Gasteiger partial charge is 0.465 e. The van der Waals surface area contributed by atoms with E-state index in [4.69, 9.17) is 14.2 Å². The van der Waals surface area contributed by atoms with Crippen LogP contribution in [0, 0.1) is 5.92 Å². The molecule has 0 bridgehead atoms. The lowest BCUT2D eigenvalue weighted by Crippen LogP contribution is -2.44. The number of likely N-dealkylation sites (tertiary alicyclic amines) is 1. The maximum atomic E-state index is 13.2. The minimum atomic E-state index is -0.0994. The molecule has 0 N–H and O–H groups in total. The number of ether oxygens (including phenoxy) is 3. The van der Waals surface area contributed by atoms with Crippen LogP contribution in [0.5, 0.6) is 0 Å². The Bertz CT molecular complexity index is 905. The minimum Gasteiger partial charge on any atom is -0.465 e. The van der Waals surface area contributed by atoms with Crippen LogP contribution in [0.25, 0.3) is 0 Å². The van der Waals surface area contributed by atoms with Crippen molar-refractivity contribution in [1.82, 2.24) is 4.90 Å². The SMILES string of the molecule is CCCCCCCC(CCCCCCC)OC(=O)CCCCCSC1CN(C)CCC1C(=O)OCCCCC(=O)OC(CCCCCCC)CCCCCCC. The number of rotatable bonds is 39. The van der Waals surface area contributed by atoms with E-state index in [1.165, 1.54) is 103 Å². The average Bonchev–Trinajstić information content (AvgIpc) is 3.18. The van der Waals surface area contributed by atoms with Gasteiger partial charge < -0.3 is 19.1 Å². The Morgan fingerprint density at radius 2 is 0.964 bits per heavy atom. The molecule has 0 aromatic carbocycles. The van der Waals surface area contributed by atoms with Crippen molar-refractivity contribution in [3.8, 4) is 0 Å². The zero-order valence-corrected chi connectivity index (χ0v) is 38.4. The lowest BCUT2D eigenvalue weighted by atomic mass is 9.97. The Labute approximate surface area is 351 Å². The molecular weight excluding hydrogens is 719 g/mol. The van der Waals surface area contributed by atoms with Gasteiger partial charge in [-0.25, -0.2) is 0 Å². The van der Waals surface area contributed by atoms with Crippen LogP contribution >= 0.6 is 11.8 Å². The molecule has 1 heterocycles. The van der Waals surface area contributed by atoms with E-state index in [9.17, 15) is 14.4 Å². The van der Waals surface area contributed by atoms with Crippen molar-refractivity contribution in [2.24, 2.45) is 5.92 Å². The number of thioether (sulfide) groups is 1. The number of unbranched alkanes of at least 4 members (excludes halogenated alkanes) is 19. The van der Waals surface area contributed by atoms with Gasteiger partial charge >= 0.3 is 17.9 Å². The van der Waals surface area contributed by atoms with Gasteiger partial charge in [0.1, 0.15) is 12.2 Å². The van der Waals surface area contributed by atoms with Crippen LogP contribution in [0.3, 0.4) is 0 Å². The Kier molecular flexibility index (Phi) is 35.7. The maximum Gasteiger partial charge on any atom is 0.310 e. The summed E-state index contributed by atoms with van der Waals surface area (Å²) in [6.07, 6.45) is 34.8. The first kappa shape index (κ1) is 52.7. The minimum absolute atomic E-state index is 0.0242. The first-order valence-electron chi connectivity index (χ1n) is 24.2. The fourth-order valence-electron chi connectivity index (χ4n) is 7.86. The molecule has 1 saturated heterocycles. The number of carbonyl (C=O) groups excluding carboxylic acids is 3. The Morgan fingerprint density at radius 1 is 0.554 bits per heavy atom. The number of hydrogen-bond donors (Lipinski definition) is 0. The van der Waals surface area contributed by atoms with Crippen molar-refractivity contribution >= 4 is 29.7 Å². The van der Waals surface area contributed by atoms with Crippen LogP contribution in [0.15, 0.2) is 0 Å². The molecule has 1 aliphatic rings. The predicted molar refractivity (Wildman–Crippen MR) is 238 cm³/mol. The summed E-state index contributed by atoms with van der Waals surface area (Å²) >= 11 is 1.89. The van der Waals surface area contributed by atoms with Gasteiger partial charge in [0.15, 0.2) is 0 Å². The van der Waals surface area contributed by atoms with Gasteiger partial charge in [0, 0.05) is 24.6 Å². The summed E-state index contributed by atoms with van der Waals surface area (Å²) in [6, 6.07) is 0. The molecule has 0 radical (unpaired) electrons. The van der Waals surface area contributed by atoms with Crippen LogP contribution in [0.4, 0.5) is 0 Å². The molecule has 1 rings (SSSR count). The first-order valence-corrected chi connectivity index (χ1v) is 25.2. The summed E-state index contributed by atoms with van der Waals surface area (Å²) in [4.78, 5) is 41.1. The van der Waals surface area contributed by atoms with E-state index >= 15 is 0 Å². The van der Waals surface area contributed by atoms with E-state index in [-0.39, 0.29) is 41.3 Å². The normalized spacial score (nSPS) is 16.1. The van der Waals surface area contributed by atoms with Crippen molar-refractivity contribution in [3.05, 3.63) is 0 Å². The molecule has 56 heavy (non-hydrogen) atoms. The summed E-state index contributed by atoms with van der Waals surface area (Å²) in [5.74, 6) is 0.683. The number of esters is 3. The number of hydrogen-bond acceptors (Lipinski definition) is 8. The van der Waals surface area contributed by atoms with Gasteiger partial charge in [-0.05, 0) is 103 Å². The third-order valence-corrected chi connectivity index (χ3v) is 13.0. The smallest absolute Gasteiger partial charge is 0.310 e. The molecule has 0 aromatic rings. The summed E-state index contributed by atoms with van der Waals surface area (Å²) in [7, 11) is 2.13. The lowest BCUT2D eigenvalue weighted by molar-refractivity contribution is -0.151. The van der Waals surface area contributed by atoms with E-state index in [1.54, 1.807) is 0 Å². The van der Waals surface area contributed by atoms with Crippen molar-refractivity contribution in [2.75, 3.05) is 32.5 Å². The predicted octanol–water partition coefficient (Wildman–Crippen LogP) is 13.6. The van der Waals surface area contributed by atoms with E-state index < -0.39 is 0 Å². The van der Waals surface area contributed by atoms with Crippen LogP contribution in [0.2, 0.25) is 0 Å². The molecule has 0 aromatic heterocycles. The molecule has 2 atom stereocenters. The molecule has 330 valence electrons. The van der Waals surface area contributed by atoms with E-state index in [0.717, 1.165) is 95.9 Å². The highest BCUT2D eigenvalue weighted by atomic mass is 32.2. The zero-order valence-electron chi connectivity index (χ0n) is 37.6. The number of carbonyl (C=O) groups is 3. The topological polar surface area (TPSA) is 82.1 Å². The second kappa shape index (κ2) is 38.0. The zero-order chi connectivity index (χ0) is 40.9. The van der Waals surface area contributed by atoms with Crippen LogP contribution in [-0.4, -0.2) is 72.8 Å². The first-order chi connectivity index (χ1) is 27.3. The molecule has 0 amide bonds. The molecular formula is C48H91NO6S. The molecule has 7 nitrogen and oxygen atoms in total. The molecule has 0 saturated carbocycles. The quantitative estimate of drug-likeness (QED) is 0.0345. The van der Waals surface area contributed by atoms with Crippen LogP contribution in [-0.2, 0) is 28.6 Å². The average molecular weight is 810 g/mol. The van der Waals surface area contributed by atoms with Gasteiger partial charge in [0.2, 0.25) is 0 Å². The fourth-order valence-corrected chi connectivity index (χ4v) is 9.37. The second-order valence-electron chi connectivity index (χ2n) is 17.0. The lowest BCUT2D eigenvalue weighted by Gasteiger charge is -2.35. The van der Waals surface area contributed by atoms with E-state index in [1.807, 2.05) is 11.8 Å². The molecule has 0 aliphatic carbocycles. The summed E-state index contributed by atoms with van der Waals surface area (Å²) in [5, 5.41) is 0.220. The second-order valence-corrected chi connectivity index (χ2v) is 18.4. The molecule has 1 fully saturated rings. The van der Waals surface area contributed by atoms with Crippen LogP contribution < -0.4 is 0 Å². The Balaban J connectivity index is 2.36. The molecule has 1 aliphatic heterocycles. The van der Waals surface area contributed by atoms with Crippen molar-refractivity contribution in [3.63, 3.8) is 0 Å². The van der Waals surface area contributed by atoms with Gasteiger partial charge in [-0.2, -0.15) is 11.8 Å². The van der Waals surface area contributed by atoms with Gasteiger partial charge in [-0.15, -0.1) is 0 Å². The summed E-state index contributed by atoms with van der Waals surface area (Å²) < 4.78 is 17.8. The third-order valence-electron chi connectivity index (χ3n) is 11.6. The van der Waals surface area contributed by atoms with Gasteiger partial charge in [-0.3, -0.25) is 14.4 Å². The monoisotopic (exact) mass is 810 g/mol. The Hall–Kier alpha value is -1.28. The summed E-state index contributed by atoms with van der Waals surface area (Å²) in [6.45, 7) is 11.1. The highest BCUT2D eigenvalue weighted by molar-refractivity contribution is 7.99. The standard InChI is InChI=1S/C48H91NO6S/c1-6-10-14-18-23-31-42(32-24-19-15-11-7-2)54-46(50)35-27-22-30-40-56-45-41-49(5)38-37-44(45)48(52)53-39-29-28-36-47(51)55-43(33-25-20-16-12-8-3)34-26-21-17-13-9-4/h42-45H,6-41H2,1-5H3. The molecule has 0 spiro atoms. The van der Waals surface area contributed by atoms with Gasteiger partial charge in [0.05, 0.1) is 12.5 Å². The van der Waals surface area contributed by atoms with E-state index in [2.05, 4.69) is 39.6 Å². The number of nitrogens with zero attached hydrogens (tertiary/aromatic N) is 1. The van der Waals surface area contributed by atoms with Gasteiger partial charge in [-0.1, -0.05) is 137 Å². The maximum absolute atomic E-state index is 13.2. The molecule has 2 unspecified atom stereocenters. The highest BCUT2D eigenvalue weighted by Gasteiger charge is 2.34. The third kappa shape index (κ3) is 29.9. The summed E-state index contributed by atoms with van der Waals surface area (Å²) in [5.41, 5.74) is 0.